The number of nitrogens with one attached hydrogen (secondary N) is 1. The highest BCUT2D eigenvalue weighted by molar-refractivity contribution is 5.47. The number of aromatic nitrogens is 2. The Labute approximate surface area is 159 Å². The van der Waals surface area contributed by atoms with Crippen molar-refractivity contribution in [2.75, 3.05) is 42.6 Å². The van der Waals surface area contributed by atoms with E-state index in [1.807, 2.05) is 0 Å². The lowest BCUT2D eigenvalue weighted by atomic mass is 10.0. The number of anilines is 2. The van der Waals surface area contributed by atoms with Gasteiger partial charge in [-0.25, -0.2) is 0 Å². The fraction of sp³-hybridized carbons (Fsp3) is 0.524. The summed E-state index contributed by atoms with van der Waals surface area (Å²) in [7, 11) is 0. The summed E-state index contributed by atoms with van der Waals surface area (Å²) in [6.07, 6.45) is 0.998. The van der Waals surface area contributed by atoms with Crippen LogP contribution in [0.15, 0.2) is 41.2 Å². The lowest BCUT2D eigenvalue weighted by Crippen LogP contribution is -2.40. The van der Waals surface area contributed by atoms with Crippen molar-refractivity contribution in [2.24, 2.45) is 17.8 Å². The Morgan fingerprint density at radius 1 is 1.22 bits per heavy atom. The van der Waals surface area contributed by atoms with Gasteiger partial charge in [0.25, 0.3) is 5.56 Å². The van der Waals surface area contributed by atoms with Gasteiger partial charge in [-0.15, -0.1) is 0 Å². The van der Waals surface area contributed by atoms with Gasteiger partial charge in [-0.1, -0.05) is 37.3 Å². The predicted molar refractivity (Wildman–Crippen MR) is 105 cm³/mol. The molecule has 0 bridgehead atoms. The zero-order valence-corrected chi connectivity index (χ0v) is 15.7. The highest BCUT2D eigenvalue weighted by atomic mass is 16.5. The number of fused-ring (bicyclic) bond motifs is 1. The van der Waals surface area contributed by atoms with Crippen molar-refractivity contribution in [2.45, 2.75) is 19.4 Å². The van der Waals surface area contributed by atoms with Crippen LogP contribution in [0.3, 0.4) is 0 Å². The standard InChI is InChI=1S/C21H26N4O2/c1-14-16-13-25(17(20(14)16)11-15-5-3-2-4-6-15)21-22-18(12-19(26)23-21)24-7-9-27-10-8-24/h2-6,12,14,16-17,20H,7-11,13H2,1H3,(H,22,23,26)/t14-,16+,17+,20-/m1/s1. The van der Waals surface area contributed by atoms with Gasteiger partial charge in [0.2, 0.25) is 5.95 Å². The summed E-state index contributed by atoms with van der Waals surface area (Å²) in [6.45, 7) is 6.28. The maximum atomic E-state index is 12.4. The minimum absolute atomic E-state index is 0.0754. The van der Waals surface area contributed by atoms with E-state index in [2.05, 4.69) is 52.0 Å². The van der Waals surface area contributed by atoms with Crippen LogP contribution in [0.1, 0.15) is 12.5 Å². The number of hydrogen-bond acceptors (Lipinski definition) is 5. The number of ether oxygens (including phenoxy) is 1. The SMILES string of the molecule is C[C@@H]1[C@@H]2CN(c3nc(N4CCOCC4)cc(=O)[nH]3)[C@@H](Cc3ccccc3)[C@H]12. The lowest BCUT2D eigenvalue weighted by Gasteiger charge is -2.31. The third-order valence-electron chi connectivity index (χ3n) is 6.50. The Bertz CT molecular complexity index is 862. The third kappa shape index (κ3) is 3.12. The highest BCUT2D eigenvalue weighted by Crippen LogP contribution is 2.56. The van der Waals surface area contributed by atoms with E-state index >= 15 is 0 Å². The molecule has 1 aromatic carbocycles. The average molecular weight is 366 g/mol. The molecule has 4 atom stereocenters. The number of hydrogen-bond donors (Lipinski definition) is 1. The Kier molecular flexibility index (Phi) is 4.16. The molecule has 2 aromatic rings. The number of rotatable bonds is 4. The molecule has 6 nitrogen and oxygen atoms in total. The molecule has 5 rings (SSSR count). The van der Waals surface area contributed by atoms with E-state index in [0.29, 0.717) is 25.2 Å². The molecule has 1 aromatic heterocycles. The van der Waals surface area contributed by atoms with Crippen LogP contribution in [0.25, 0.3) is 0 Å². The first kappa shape index (κ1) is 16.8. The van der Waals surface area contributed by atoms with E-state index in [1.54, 1.807) is 6.07 Å². The minimum atomic E-state index is -0.0754. The molecular weight excluding hydrogens is 340 g/mol. The molecule has 3 fully saturated rings. The van der Waals surface area contributed by atoms with Crippen molar-refractivity contribution in [3.8, 4) is 0 Å². The van der Waals surface area contributed by atoms with Crippen molar-refractivity contribution < 1.29 is 4.74 Å². The Balaban J connectivity index is 1.44. The summed E-state index contributed by atoms with van der Waals surface area (Å²) in [5, 5.41) is 0. The number of piperidine rings is 1. The summed E-state index contributed by atoms with van der Waals surface area (Å²) >= 11 is 0. The molecule has 3 heterocycles. The summed E-state index contributed by atoms with van der Waals surface area (Å²) in [5.74, 6) is 3.68. The molecule has 6 heteroatoms. The fourth-order valence-corrected chi connectivity index (χ4v) is 4.94. The maximum absolute atomic E-state index is 12.4. The normalized spacial score (nSPS) is 29.7. The van der Waals surface area contributed by atoms with Crippen LogP contribution in [0, 0.1) is 17.8 Å². The average Bonchev–Trinajstić information content (AvgIpc) is 3.16. The fourth-order valence-electron chi connectivity index (χ4n) is 4.94. The molecular formula is C21H26N4O2. The Hall–Kier alpha value is -2.34. The van der Waals surface area contributed by atoms with Gasteiger partial charge in [-0.2, -0.15) is 4.98 Å². The van der Waals surface area contributed by atoms with Crippen molar-refractivity contribution in [1.29, 1.82) is 0 Å². The zero-order valence-electron chi connectivity index (χ0n) is 15.7. The smallest absolute Gasteiger partial charge is 0.254 e. The summed E-state index contributed by atoms with van der Waals surface area (Å²) in [5.41, 5.74) is 1.27. The molecule has 1 saturated carbocycles. The second-order valence-electron chi connectivity index (χ2n) is 8.04. The lowest BCUT2D eigenvalue weighted by molar-refractivity contribution is 0.122. The largest absolute Gasteiger partial charge is 0.378 e. The van der Waals surface area contributed by atoms with E-state index in [4.69, 9.17) is 9.72 Å². The topological polar surface area (TPSA) is 61.5 Å². The van der Waals surface area contributed by atoms with Crippen molar-refractivity contribution in [3.05, 3.63) is 52.3 Å². The van der Waals surface area contributed by atoms with E-state index in [0.717, 1.165) is 49.7 Å². The Morgan fingerprint density at radius 2 is 2.00 bits per heavy atom. The molecule has 0 spiro atoms. The molecule has 142 valence electrons. The second-order valence-corrected chi connectivity index (χ2v) is 8.04. The predicted octanol–water partition coefficient (Wildman–Crippen LogP) is 1.92. The summed E-state index contributed by atoms with van der Waals surface area (Å²) in [6, 6.07) is 12.7. The van der Waals surface area contributed by atoms with Gasteiger partial charge >= 0.3 is 0 Å². The van der Waals surface area contributed by atoms with Crippen LogP contribution in [-0.2, 0) is 11.2 Å². The number of nitrogens with zero attached hydrogens (tertiary/aromatic N) is 3. The monoisotopic (exact) mass is 366 g/mol. The zero-order chi connectivity index (χ0) is 18.4. The molecule has 2 aliphatic heterocycles. The maximum Gasteiger partial charge on any atom is 0.254 e. The quantitative estimate of drug-likeness (QED) is 0.896. The molecule has 3 aliphatic rings. The van der Waals surface area contributed by atoms with E-state index in [-0.39, 0.29) is 5.56 Å². The number of morpholine rings is 1. The minimum Gasteiger partial charge on any atom is -0.378 e. The van der Waals surface area contributed by atoms with Gasteiger partial charge in [0, 0.05) is 31.7 Å². The van der Waals surface area contributed by atoms with Crippen LogP contribution >= 0.6 is 0 Å². The van der Waals surface area contributed by atoms with Crippen molar-refractivity contribution >= 4 is 11.8 Å². The van der Waals surface area contributed by atoms with Crippen LogP contribution in [0.5, 0.6) is 0 Å². The van der Waals surface area contributed by atoms with Gasteiger partial charge in [-0.3, -0.25) is 9.78 Å². The first-order chi connectivity index (χ1) is 13.2. The molecule has 0 radical (unpaired) electrons. The number of aromatic amines is 1. The molecule has 27 heavy (non-hydrogen) atoms. The third-order valence-corrected chi connectivity index (χ3v) is 6.50. The molecule has 1 N–H and O–H groups in total. The van der Waals surface area contributed by atoms with E-state index < -0.39 is 0 Å². The van der Waals surface area contributed by atoms with Gasteiger partial charge in [0.15, 0.2) is 0 Å². The highest BCUT2D eigenvalue weighted by Gasteiger charge is 2.59. The second kappa shape index (κ2) is 6.68. The molecule has 0 amide bonds. The first-order valence-corrected chi connectivity index (χ1v) is 9.95. The molecule has 0 unspecified atom stereocenters. The van der Waals surface area contributed by atoms with Crippen LogP contribution in [0.4, 0.5) is 11.8 Å². The number of benzene rings is 1. The van der Waals surface area contributed by atoms with Crippen LogP contribution in [-0.4, -0.2) is 48.9 Å². The Morgan fingerprint density at radius 3 is 2.78 bits per heavy atom. The summed E-state index contributed by atoms with van der Waals surface area (Å²) < 4.78 is 5.43. The molecule has 1 aliphatic carbocycles. The first-order valence-electron chi connectivity index (χ1n) is 9.95. The van der Waals surface area contributed by atoms with E-state index in [1.165, 1.54) is 5.56 Å². The van der Waals surface area contributed by atoms with Crippen LogP contribution in [0.2, 0.25) is 0 Å². The van der Waals surface area contributed by atoms with Crippen molar-refractivity contribution in [3.63, 3.8) is 0 Å². The number of H-pyrrole nitrogens is 1. The van der Waals surface area contributed by atoms with E-state index in [9.17, 15) is 4.79 Å². The van der Waals surface area contributed by atoms with Crippen molar-refractivity contribution in [1.82, 2.24) is 9.97 Å². The summed E-state index contributed by atoms with van der Waals surface area (Å²) in [4.78, 5) is 24.7. The van der Waals surface area contributed by atoms with Crippen LogP contribution < -0.4 is 15.4 Å². The van der Waals surface area contributed by atoms with Gasteiger partial charge in [-0.05, 0) is 29.7 Å². The molecule has 2 saturated heterocycles. The van der Waals surface area contributed by atoms with Gasteiger partial charge < -0.3 is 14.5 Å². The van der Waals surface area contributed by atoms with Gasteiger partial charge in [0.1, 0.15) is 5.82 Å². The van der Waals surface area contributed by atoms with Gasteiger partial charge in [0.05, 0.1) is 13.2 Å².